The van der Waals surface area contributed by atoms with E-state index in [0.29, 0.717) is 22.0 Å². The third-order valence-electron chi connectivity index (χ3n) is 4.80. The van der Waals surface area contributed by atoms with Crippen molar-refractivity contribution in [3.8, 4) is 11.3 Å². The Kier molecular flexibility index (Phi) is 5.90. The molecule has 6 nitrogen and oxygen atoms in total. The van der Waals surface area contributed by atoms with Crippen LogP contribution in [0.15, 0.2) is 74.3 Å². The van der Waals surface area contributed by atoms with Gasteiger partial charge in [0.25, 0.3) is 0 Å². The second kappa shape index (κ2) is 8.92. The molecule has 4 aromatic rings. The Hall–Kier alpha value is -3.45. The van der Waals surface area contributed by atoms with E-state index in [1.54, 1.807) is 6.21 Å². The van der Waals surface area contributed by atoms with E-state index in [0.717, 1.165) is 29.7 Å². The Morgan fingerprint density at radius 2 is 1.93 bits per heavy atom. The van der Waals surface area contributed by atoms with Crippen LogP contribution in [-0.4, -0.2) is 24.3 Å². The van der Waals surface area contributed by atoms with Crippen LogP contribution < -0.4 is 16.0 Å². The second-order valence-corrected chi connectivity index (χ2v) is 7.52. The fourth-order valence-corrected chi connectivity index (χ4v) is 3.87. The molecule has 0 aliphatic heterocycles. The monoisotopic (exact) mass is 418 g/mol. The number of fused-ring (bicyclic) bond motifs is 1. The van der Waals surface area contributed by atoms with Crippen molar-refractivity contribution in [2.45, 2.75) is 13.8 Å². The van der Waals surface area contributed by atoms with Crippen molar-refractivity contribution in [3.63, 3.8) is 0 Å². The van der Waals surface area contributed by atoms with Crippen LogP contribution in [0.5, 0.6) is 0 Å². The van der Waals surface area contributed by atoms with Gasteiger partial charge in [0, 0.05) is 35.6 Å². The fraction of sp³-hybridized carbons (Fsp3) is 0.174. The van der Waals surface area contributed by atoms with Gasteiger partial charge in [0.2, 0.25) is 5.13 Å². The van der Waals surface area contributed by atoms with Crippen molar-refractivity contribution in [3.05, 3.63) is 76.0 Å². The molecule has 1 N–H and O–H groups in total. The van der Waals surface area contributed by atoms with E-state index >= 15 is 0 Å². The van der Waals surface area contributed by atoms with Gasteiger partial charge in [-0.15, -0.1) is 11.3 Å². The van der Waals surface area contributed by atoms with Gasteiger partial charge in [-0.05, 0) is 37.6 Å². The normalized spacial score (nSPS) is 11.3. The zero-order valence-electron chi connectivity index (χ0n) is 16.8. The Morgan fingerprint density at radius 3 is 2.70 bits per heavy atom. The number of aromatic nitrogens is 1. The molecule has 7 heteroatoms. The van der Waals surface area contributed by atoms with Crippen LogP contribution in [0.25, 0.3) is 22.2 Å². The topological polar surface area (TPSA) is 70.7 Å². The van der Waals surface area contributed by atoms with Gasteiger partial charge in [-0.3, -0.25) is 5.43 Å². The number of benzene rings is 2. The summed E-state index contributed by atoms with van der Waals surface area (Å²) in [5.74, 6) is 0. The standard InChI is InChI=1S/C23H22N4O2S/c1-3-27(4-2)18-11-10-17-12-19(22(28)29-21(17)13-18)20-15-30-23(25-20)26-24-14-16-8-6-5-7-9-16/h5-15H,3-4H2,1-2H3,(H,25,26). The minimum Gasteiger partial charge on any atom is -0.422 e. The summed E-state index contributed by atoms with van der Waals surface area (Å²) in [5.41, 5.74) is 6.13. The highest BCUT2D eigenvalue weighted by atomic mass is 32.1. The van der Waals surface area contributed by atoms with Gasteiger partial charge >= 0.3 is 5.63 Å². The number of hydrazone groups is 1. The van der Waals surface area contributed by atoms with E-state index in [-0.39, 0.29) is 0 Å². The van der Waals surface area contributed by atoms with E-state index in [2.05, 4.69) is 34.3 Å². The molecule has 0 saturated heterocycles. The van der Waals surface area contributed by atoms with E-state index in [9.17, 15) is 4.79 Å². The summed E-state index contributed by atoms with van der Waals surface area (Å²) in [4.78, 5) is 19.3. The van der Waals surface area contributed by atoms with Crippen LogP contribution in [0.4, 0.5) is 10.8 Å². The number of nitrogens with one attached hydrogen (secondary N) is 1. The second-order valence-electron chi connectivity index (χ2n) is 6.66. The minimum atomic E-state index is -0.399. The first kappa shape index (κ1) is 19.8. The molecule has 0 atom stereocenters. The third kappa shape index (κ3) is 4.26. The third-order valence-corrected chi connectivity index (χ3v) is 5.55. The summed E-state index contributed by atoms with van der Waals surface area (Å²) >= 11 is 1.38. The summed E-state index contributed by atoms with van der Waals surface area (Å²) in [6, 6.07) is 17.6. The number of hydrogen-bond acceptors (Lipinski definition) is 7. The number of anilines is 2. The smallest absolute Gasteiger partial charge is 0.345 e. The van der Waals surface area contributed by atoms with E-state index in [1.165, 1.54) is 11.3 Å². The largest absolute Gasteiger partial charge is 0.422 e. The van der Waals surface area contributed by atoms with Crippen molar-refractivity contribution < 1.29 is 4.42 Å². The molecule has 0 saturated carbocycles. The molecule has 0 spiro atoms. The van der Waals surface area contributed by atoms with Crippen molar-refractivity contribution >= 4 is 39.3 Å². The maximum Gasteiger partial charge on any atom is 0.345 e. The van der Waals surface area contributed by atoms with E-state index in [1.807, 2.05) is 60.0 Å². The molecule has 0 fully saturated rings. The number of nitrogens with zero attached hydrogens (tertiary/aromatic N) is 3. The molecule has 0 radical (unpaired) electrons. The summed E-state index contributed by atoms with van der Waals surface area (Å²) in [6.07, 6.45) is 1.72. The molecule has 0 aliphatic rings. The Morgan fingerprint density at radius 1 is 1.13 bits per heavy atom. The highest BCUT2D eigenvalue weighted by Crippen LogP contribution is 2.27. The molecule has 0 bridgehead atoms. The molecule has 4 rings (SSSR count). The van der Waals surface area contributed by atoms with E-state index in [4.69, 9.17) is 4.42 Å². The van der Waals surface area contributed by atoms with Crippen molar-refractivity contribution in [1.29, 1.82) is 0 Å². The lowest BCUT2D eigenvalue weighted by molar-refractivity contribution is 0.563. The maximum absolute atomic E-state index is 12.6. The van der Waals surface area contributed by atoms with Gasteiger partial charge < -0.3 is 9.32 Å². The fourth-order valence-electron chi connectivity index (χ4n) is 3.21. The predicted molar refractivity (Wildman–Crippen MR) is 125 cm³/mol. The summed E-state index contributed by atoms with van der Waals surface area (Å²) in [5, 5.41) is 7.49. The first-order valence-electron chi connectivity index (χ1n) is 9.80. The first-order valence-corrected chi connectivity index (χ1v) is 10.7. The van der Waals surface area contributed by atoms with Crippen LogP contribution >= 0.6 is 11.3 Å². The lowest BCUT2D eigenvalue weighted by Crippen LogP contribution is -2.21. The first-order chi connectivity index (χ1) is 14.7. The van der Waals surface area contributed by atoms with Crippen molar-refractivity contribution in [2.75, 3.05) is 23.4 Å². The molecule has 2 heterocycles. The lowest BCUT2D eigenvalue weighted by atomic mass is 10.1. The zero-order valence-corrected chi connectivity index (χ0v) is 17.6. The average molecular weight is 419 g/mol. The summed E-state index contributed by atoms with van der Waals surface area (Å²) in [6.45, 7) is 5.99. The van der Waals surface area contributed by atoms with Gasteiger partial charge in [0.15, 0.2) is 0 Å². The number of rotatable bonds is 7. The van der Waals surface area contributed by atoms with Crippen LogP contribution in [0.3, 0.4) is 0 Å². The van der Waals surface area contributed by atoms with Gasteiger partial charge in [-0.25, -0.2) is 9.78 Å². The molecule has 0 unspecified atom stereocenters. The van der Waals surface area contributed by atoms with Crippen LogP contribution in [0.1, 0.15) is 19.4 Å². The zero-order chi connectivity index (χ0) is 20.9. The molecule has 152 valence electrons. The Labute approximate surface area is 178 Å². The maximum atomic E-state index is 12.6. The van der Waals surface area contributed by atoms with E-state index < -0.39 is 5.63 Å². The number of hydrogen-bond donors (Lipinski definition) is 1. The van der Waals surface area contributed by atoms with Crippen molar-refractivity contribution in [1.82, 2.24) is 4.98 Å². The molecule has 2 aromatic heterocycles. The molecule has 0 aliphatic carbocycles. The van der Waals surface area contributed by atoms with Gasteiger partial charge in [0.05, 0.1) is 17.5 Å². The summed E-state index contributed by atoms with van der Waals surface area (Å²) in [7, 11) is 0. The lowest BCUT2D eigenvalue weighted by Gasteiger charge is -2.20. The molecular formula is C23H22N4O2S. The van der Waals surface area contributed by atoms with Crippen LogP contribution in [0, 0.1) is 0 Å². The van der Waals surface area contributed by atoms with Gasteiger partial charge in [-0.2, -0.15) is 5.10 Å². The van der Waals surface area contributed by atoms with Gasteiger partial charge in [0.1, 0.15) is 5.58 Å². The predicted octanol–water partition coefficient (Wildman–Crippen LogP) is 5.21. The molecule has 2 aromatic carbocycles. The SMILES string of the molecule is CCN(CC)c1ccc2cc(-c3csc(NN=Cc4ccccc4)n3)c(=O)oc2c1. The van der Waals surface area contributed by atoms with Crippen molar-refractivity contribution in [2.24, 2.45) is 5.10 Å². The Bertz CT molecular complexity index is 1230. The quantitative estimate of drug-likeness (QED) is 0.253. The highest BCUT2D eigenvalue weighted by Gasteiger charge is 2.13. The average Bonchev–Trinajstić information content (AvgIpc) is 3.23. The van der Waals surface area contributed by atoms with Gasteiger partial charge in [-0.1, -0.05) is 30.3 Å². The molecular weight excluding hydrogens is 396 g/mol. The molecule has 30 heavy (non-hydrogen) atoms. The Balaban J connectivity index is 1.57. The highest BCUT2D eigenvalue weighted by molar-refractivity contribution is 7.14. The summed E-state index contributed by atoms with van der Waals surface area (Å²) < 4.78 is 5.61. The van der Waals surface area contributed by atoms with Crippen LogP contribution in [-0.2, 0) is 0 Å². The minimum absolute atomic E-state index is 0.399. The molecule has 0 amide bonds. The number of thiazole rings is 1. The van der Waals surface area contributed by atoms with Crippen LogP contribution in [0.2, 0.25) is 0 Å².